The van der Waals surface area contributed by atoms with E-state index in [9.17, 15) is 18.0 Å². The highest BCUT2D eigenvalue weighted by molar-refractivity contribution is 7.85. The number of unbranched alkanes of at least 4 members (excludes halogenated alkanes) is 1. The Morgan fingerprint density at radius 3 is 1.31 bits per heavy atom. The monoisotopic (exact) mass is 548 g/mol. The molecule has 9 heteroatoms. The van der Waals surface area contributed by atoms with Crippen molar-refractivity contribution in [3.05, 3.63) is 120 Å². The number of rotatable bonds is 9. The SMILES string of the molecule is CCCC[N+](c1ccccc1)(c1ccccc1)c1ccccc1.O=C(O)c1cc(C(=O)O)cc(S(=O)(=O)O)c1. The number of aromatic carboxylic acids is 2. The van der Waals surface area contributed by atoms with Gasteiger partial charge in [0.2, 0.25) is 0 Å². The third-order valence-corrected chi connectivity index (χ3v) is 6.97. The third-order valence-electron chi connectivity index (χ3n) is 6.14. The van der Waals surface area contributed by atoms with Crippen molar-refractivity contribution in [2.45, 2.75) is 24.7 Å². The molecule has 0 bridgehead atoms. The largest absolute Gasteiger partial charge is 0.478 e. The van der Waals surface area contributed by atoms with E-state index in [4.69, 9.17) is 14.8 Å². The van der Waals surface area contributed by atoms with Gasteiger partial charge < -0.3 is 10.2 Å². The van der Waals surface area contributed by atoms with Crippen molar-refractivity contribution in [1.29, 1.82) is 0 Å². The molecule has 4 aromatic carbocycles. The summed E-state index contributed by atoms with van der Waals surface area (Å²) in [6.07, 6.45) is 2.37. The minimum absolute atomic E-state index is 0.535. The molecule has 3 N–H and O–H groups in total. The molecule has 4 aromatic rings. The van der Waals surface area contributed by atoms with E-state index >= 15 is 0 Å². The number of nitrogens with zero attached hydrogens (tertiary/aromatic N) is 1. The van der Waals surface area contributed by atoms with Crippen LogP contribution in [0.3, 0.4) is 0 Å². The molecule has 0 aliphatic heterocycles. The number of para-hydroxylation sites is 3. The minimum Gasteiger partial charge on any atom is -0.478 e. The molecule has 0 saturated carbocycles. The van der Waals surface area contributed by atoms with Crippen molar-refractivity contribution in [3.8, 4) is 0 Å². The van der Waals surface area contributed by atoms with E-state index in [1.165, 1.54) is 29.9 Å². The quantitative estimate of drug-likeness (QED) is 0.155. The standard InChI is InChI=1S/C22H24N.C8H6O7S/c1-2-3-19-23(20-13-7-4-8-14-20,21-15-9-5-10-16-21)22-17-11-6-12-18-22;9-7(10)4-1-5(8(11)12)3-6(2-4)16(13,14)15/h4-18H,2-3,19H2,1H3;1-3H,(H,9,10)(H,11,12)(H,13,14,15)/q+1;. The summed E-state index contributed by atoms with van der Waals surface area (Å²) in [6, 6.07) is 34.7. The zero-order valence-corrected chi connectivity index (χ0v) is 22.2. The summed E-state index contributed by atoms with van der Waals surface area (Å²) in [5, 5.41) is 17.2. The van der Waals surface area contributed by atoms with Crippen LogP contribution in [0.4, 0.5) is 17.1 Å². The van der Waals surface area contributed by atoms with Gasteiger partial charge in [-0.1, -0.05) is 67.9 Å². The summed E-state index contributed by atoms with van der Waals surface area (Å²) < 4.78 is 31.0. The number of benzene rings is 4. The molecule has 0 aliphatic carbocycles. The molecule has 0 aromatic heterocycles. The van der Waals surface area contributed by atoms with E-state index in [1.54, 1.807) is 0 Å². The van der Waals surface area contributed by atoms with E-state index in [0.29, 0.717) is 12.1 Å². The molecule has 0 saturated heterocycles. The fourth-order valence-corrected chi connectivity index (χ4v) is 4.82. The number of carbonyl (C=O) groups is 2. The molecule has 0 spiro atoms. The molecule has 0 atom stereocenters. The molecule has 0 heterocycles. The van der Waals surface area contributed by atoms with Gasteiger partial charge in [-0.05, 0) is 61.0 Å². The molecule has 0 unspecified atom stereocenters. The topological polar surface area (TPSA) is 129 Å². The smallest absolute Gasteiger partial charge is 0.335 e. The summed E-state index contributed by atoms with van der Waals surface area (Å²) in [5.74, 6) is -2.99. The minimum atomic E-state index is -4.64. The first-order valence-corrected chi connectivity index (χ1v) is 13.7. The maximum atomic E-state index is 10.8. The Bertz CT molecular complexity index is 1380. The predicted molar refractivity (Wildman–Crippen MR) is 150 cm³/mol. The first-order chi connectivity index (χ1) is 18.6. The maximum absolute atomic E-state index is 10.8. The molecule has 8 nitrogen and oxygen atoms in total. The van der Waals surface area contributed by atoms with Gasteiger partial charge in [-0.25, -0.2) is 14.1 Å². The van der Waals surface area contributed by atoms with E-state index in [0.717, 1.165) is 17.1 Å². The van der Waals surface area contributed by atoms with Crippen molar-refractivity contribution in [3.63, 3.8) is 0 Å². The number of carboxylic acids is 2. The second kappa shape index (κ2) is 13.0. The second-order valence-corrected chi connectivity index (χ2v) is 10.1. The average Bonchev–Trinajstić information content (AvgIpc) is 2.95. The van der Waals surface area contributed by atoms with E-state index in [1.807, 2.05) is 0 Å². The molecule has 0 fully saturated rings. The highest BCUT2D eigenvalue weighted by Gasteiger charge is 2.35. The Morgan fingerprint density at radius 2 is 1.03 bits per heavy atom. The molecule has 0 aliphatic rings. The van der Waals surface area contributed by atoms with E-state index in [2.05, 4.69) is 97.9 Å². The van der Waals surface area contributed by atoms with Crippen LogP contribution in [0, 0.1) is 0 Å². The van der Waals surface area contributed by atoms with Crippen molar-refractivity contribution < 1.29 is 32.8 Å². The van der Waals surface area contributed by atoms with Crippen LogP contribution in [0.1, 0.15) is 40.5 Å². The molecule has 202 valence electrons. The van der Waals surface area contributed by atoms with E-state index < -0.39 is 38.1 Å². The fraction of sp³-hybridized carbons (Fsp3) is 0.133. The van der Waals surface area contributed by atoms with Gasteiger partial charge in [0.25, 0.3) is 10.1 Å². The van der Waals surface area contributed by atoms with Crippen LogP contribution in [0.5, 0.6) is 0 Å². The summed E-state index contributed by atoms with van der Waals surface area (Å²) in [6.45, 7) is 3.32. The van der Waals surface area contributed by atoms with Crippen molar-refractivity contribution in [2.75, 3.05) is 6.54 Å². The molecule has 0 amide bonds. The van der Waals surface area contributed by atoms with Gasteiger partial charge in [0.05, 0.1) is 22.6 Å². The fourth-order valence-electron chi connectivity index (χ4n) is 4.27. The lowest BCUT2D eigenvalue weighted by molar-refractivity contribution is 0.0696. The van der Waals surface area contributed by atoms with Crippen LogP contribution < -0.4 is 4.48 Å². The van der Waals surface area contributed by atoms with Crippen molar-refractivity contribution in [1.82, 2.24) is 4.48 Å². The molecular weight excluding hydrogens is 518 g/mol. The van der Waals surface area contributed by atoms with Crippen LogP contribution in [-0.2, 0) is 10.1 Å². The van der Waals surface area contributed by atoms with Crippen molar-refractivity contribution >= 4 is 39.1 Å². The lowest BCUT2D eigenvalue weighted by Gasteiger charge is -2.37. The van der Waals surface area contributed by atoms with Gasteiger partial charge >= 0.3 is 11.9 Å². The van der Waals surface area contributed by atoms with Gasteiger partial charge in [-0.2, -0.15) is 8.42 Å². The first kappa shape index (κ1) is 29.2. The number of hydrogen-bond donors (Lipinski definition) is 3. The lowest BCUT2D eigenvalue weighted by Crippen LogP contribution is -2.39. The highest BCUT2D eigenvalue weighted by atomic mass is 32.2. The van der Waals surface area contributed by atoms with Crippen LogP contribution >= 0.6 is 0 Å². The summed E-state index contributed by atoms with van der Waals surface area (Å²) in [4.78, 5) is 20.4. The van der Waals surface area contributed by atoms with Gasteiger partial charge in [0.1, 0.15) is 17.1 Å². The normalized spacial score (nSPS) is 11.2. The molecular formula is C30H30NO7S+. The van der Waals surface area contributed by atoms with Crippen molar-refractivity contribution in [2.24, 2.45) is 0 Å². The van der Waals surface area contributed by atoms with Gasteiger partial charge in [-0.3, -0.25) is 4.55 Å². The Morgan fingerprint density at radius 1 is 0.667 bits per heavy atom. The predicted octanol–water partition coefficient (Wildman–Crippen LogP) is 6.79. The number of carboxylic acid groups (broad SMARTS) is 2. The molecule has 39 heavy (non-hydrogen) atoms. The zero-order valence-electron chi connectivity index (χ0n) is 21.3. The number of quaternary nitrogens is 1. The third kappa shape index (κ3) is 7.17. The Hall–Kier alpha value is -4.31. The van der Waals surface area contributed by atoms with Crippen LogP contribution in [0.25, 0.3) is 0 Å². The van der Waals surface area contributed by atoms with Crippen LogP contribution in [0.15, 0.2) is 114 Å². The Balaban J connectivity index is 0.000000231. The Kier molecular flexibility index (Phi) is 9.73. The molecule has 0 radical (unpaired) electrons. The lowest BCUT2D eigenvalue weighted by atomic mass is 10.1. The van der Waals surface area contributed by atoms with Gasteiger partial charge in [0.15, 0.2) is 0 Å². The average molecular weight is 549 g/mol. The summed E-state index contributed by atoms with van der Waals surface area (Å²) >= 11 is 0. The Labute approximate surface area is 227 Å². The second-order valence-electron chi connectivity index (χ2n) is 8.72. The number of hydrogen-bond acceptors (Lipinski definition) is 4. The zero-order chi connectivity index (χ0) is 28.5. The maximum Gasteiger partial charge on any atom is 0.335 e. The van der Waals surface area contributed by atoms with Gasteiger partial charge in [-0.15, -0.1) is 0 Å². The van der Waals surface area contributed by atoms with Gasteiger partial charge in [0, 0.05) is 0 Å². The van der Waals surface area contributed by atoms with Crippen LogP contribution in [-0.4, -0.2) is 41.7 Å². The summed E-state index contributed by atoms with van der Waals surface area (Å²) in [7, 11) is -4.64. The highest BCUT2D eigenvalue weighted by Crippen LogP contribution is 2.43. The van der Waals surface area contributed by atoms with Crippen LogP contribution in [0.2, 0.25) is 0 Å². The molecule has 4 rings (SSSR count). The first-order valence-electron chi connectivity index (χ1n) is 12.2. The van der Waals surface area contributed by atoms with E-state index in [-0.39, 0.29) is 0 Å². The summed E-state index contributed by atoms with van der Waals surface area (Å²) in [5.41, 5.74) is 2.88.